The van der Waals surface area contributed by atoms with Gasteiger partial charge in [-0.2, -0.15) is 0 Å². The summed E-state index contributed by atoms with van der Waals surface area (Å²) in [7, 11) is -1.46. The van der Waals surface area contributed by atoms with Crippen molar-refractivity contribution in [2.24, 2.45) is 69.5 Å². The third-order valence-electron chi connectivity index (χ3n) is 15.0. The van der Waals surface area contributed by atoms with Gasteiger partial charge in [0.15, 0.2) is 0 Å². The normalized spacial score (nSPS) is 37.8. The van der Waals surface area contributed by atoms with Crippen molar-refractivity contribution in [3.8, 4) is 0 Å². The van der Waals surface area contributed by atoms with Crippen LogP contribution < -0.4 is 5.19 Å². The van der Waals surface area contributed by atoms with Gasteiger partial charge in [0, 0.05) is 0 Å². The van der Waals surface area contributed by atoms with Crippen molar-refractivity contribution in [3.05, 3.63) is 42.5 Å². The van der Waals surface area contributed by atoms with Crippen molar-refractivity contribution in [1.29, 1.82) is 0 Å². The molecule has 6 rings (SSSR count). The van der Waals surface area contributed by atoms with Gasteiger partial charge in [0.05, 0.1) is 8.07 Å². The maximum Gasteiger partial charge on any atom is 0.0845 e. The molecule has 5 fully saturated rings. The monoisotopic (exact) mass is 601 g/mol. The summed E-state index contributed by atoms with van der Waals surface area (Å²) in [5.74, 6) is 8.96. The molecule has 43 heavy (non-hydrogen) atoms. The van der Waals surface area contributed by atoms with Gasteiger partial charge in [-0.3, -0.25) is 0 Å². The molecule has 8 unspecified atom stereocenters. The van der Waals surface area contributed by atoms with E-state index in [1.165, 1.54) is 51.0 Å². The van der Waals surface area contributed by atoms with Crippen LogP contribution in [0.3, 0.4) is 0 Å². The predicted octanol–water partition coefficient (Wildman–Crippen LogP) is 11.9. The molecule has 0 amide bonds. The molecular weight excluding hydrogens is 533 g/mol. The third-order valence-corrected chi connectivity index (χ3v) is 18.2. The second kappa shape index (κ2) is 11.8. The molecule has 0 heterocycles. The lowest BCUT2D eigenvalue weighted by Crippen LogP contribution is -2.48. The first-order chi connectivity index (χ1) is 20.2. The Morgan fingerprint density at radius 1 is 0.744 bits per heavy atom. The molecule has 5 saturated carbocycles. The fraction of sp³-hybridized carbons (Fsp3) is 0.810. The molecule has 1 heteroatoms. The van der Waals surface area contributed by atoms with Gasteiger partial charge in [0.1, 0.15) is 0 Å². The van der Waals surface area contributed by atoms with E-state index in [-0.39, 0.29) is 0 Å². The Kier molecular flexibility index (Phi) is 8.79. The fourth-order valence-electron chi connectivity index (χ4n) is 12.6. The van der Waals surface area contributed by atoms with Crippen LogP contribution >= 0.6 is 0 Å². The van der Waals surface area contributed by atoms with Gasteiger partial charge in [0.2, 0.25) is 0 Å². The number of hydrogen-bond acceptors (Lipinski definition) is 0. The molecular formula is C42H68Si. The largest absolute Gasteiger partial charge is 0.100 e. The van der Waals surface area contributed by atoms with E-state index in [0.717, 1.165) is 53.3 Å². The number of rotatable bonds is 7. The van der Waals surface area contributed by atoms with Crippen LogP contribution in [0, 0.1) is 69.5 Å². The van der Waals surface area contributed by atoms with E-state index in [9.17, 15) is 0 Å². The van der Waals surface area contributed by atoms with Gasteiger partial charge in [-0.25, -0.2) is 0 Å². The van der Waals surface area contributed by atoms with Crippen LogP contribution in [0.2, 0.25) is 19.1 Å². The Bertz CT molecular complexity index is 1070. The van der Waals surface area contributed by atoms with Gasteiger partial charge in [0.25, 0.3) is 0 Å². The van der Waals surface area contributed by atoms with Crippen molar-refractivity contribution < 1.29 is 0 Å². The molecule has 0 N–H and O–H groups in total. The number of fused-ring (bicyclic) bond motifs is 3. The maximum absolute atomic E-state index is 4.72. The summed E-state index contributed by atoms with van der Waals surface area (Å²) >= 11 is 0. The molecule has 1 aromatic carbocycles. The van der Waals surface area contributed by atoms with E-state index in [2.05, 4.69) is 85.0 Å². The highest BCUT2D eigenvalue weighted by Crippen LogP contribution is 2.71. The minimum absolute atomic E-state index is 0.476. The smallest absolute Gasteiger partial charge is 0.0845 e. The summed E-state index contributed by atoms with van der Waals surface area (Å²) in [6.45, 7) is 25.1. The Hall–Kier alpha value is -0.823. The lowest BCUT2D eigenvalue weighted by Gasteiger charge is -2.56. The average Bonchev–Trinajstić information content (AvgIpc) is 3.50. The Morgan fingerprint density at radius 3 is 1.79 bits per heavy atom. The number of benzene rings is 1. The first-order valence-electron chi connectivity index (χ1n) is 18.9. The van der Waals surface area contributed by atoms with Crippen LogP contribution in [0.15, 0.2) is 42.5 Å². The highest BCUT2D eigenvalue weighted by molar-refractivity contribution is 6.90. The Labute approximate surface area is 268 Å². The van der Waals surface area contributed by atoms with E-state index >= 15 is 0 Å². The summed E-state index contributed by atoms with van der Waals surface area (Å²) in [6, 6.07) is 12.6. The number of hydrogen-bond donors (Lipinski definition) is 0. The predicted molar refractivity (Wildman–Crippen MR) is 190 cm³/mol. The van der Waals surface area contributed by atoms with Gasteiger partial charge >= 0.3 is 0 Å². The summed E-state index contributed by atoms with van der Waals surface area (Å²) in [5, 5.41) is 1.60. The summed E-state index contributed by atoms with van der Waals surface area (Å²) in [4.78, 5) is 0. The second-order valence-corrected chi connectivity index (χ2v) is 24.5. The minimum Gasteiger partial charge on any atom is -0.100 e. The van der Waals surface area contributed by atoms with E-state index in [1.807, 2.05) is 0 Å². The van der Waals surface area contributed by atoms with Crippen LogP contribution in [-0.2, 0) is 0 Å². The zero-order valence-electron chi connectivity index (χ0n) is 29.7. The van der Waals surface area contributed by atoms with Crippen molar-refractivity contribution >= 4 is 13.3 Å². The lowest BCUT2D eigenvalue weighted by molar-refractivity contribution is -0.0731. The zero-order valence-corrected chi connectivity index (χ0v) is 30.7. The first-order valence-corrected chi connectivity index (χ1v) is 22.1. The van der Waals surface area contributed by atoms with Crippen LogP contribution in [-0.4, -0.2) is 8.07 Å². The maximum atomic E-state index is 4.72. The molecule has 0 saturated heterocycles. The Morgan fingerprint density at radius 2 is 1.30 bits per heavy atom. The van der Waals surface area contributed by atoms with Crippen LogP contribution in [0.25, 0.3) is 0 Å². The van der Waals surface area contributed by atoms with E-state index < -0.39 is 8.07 Å². The van der Waals surface area contributed by atoms with Crippen molar-refractivity contribution in [1.82, 2.24) is 0 Å². The van der Waals surface area contributed by atoms with Crippen molar-refractivity contribution in [2.75, 3.05) is 0 Å². The first kappa shape index (κ1) is 32.1. The summed E-state index contributed by atoms with van der Waals surface area (Å²) in [6.07, 6.45) is 19.7. The molecule has 0 aromatic heterocycles. The third kappa shape index (κ3) is 6.17. The van der Waals surface area contributed by atoms with Crippen LogP contribution in [0.5, 0.6) is 0 Å². The van der Waals surface area contributed by atoms with Gasteiger partial charge in [-0.1, -0.05) is 102 Å². The van der Waals surface area contributed by atoms with Gasteiger partial charge in [-0.15, -0.1) is 6.58 Å². The van der Waals surface area contributed by atoms with Crippen molar-refractivity contribution in [2.45, 2.75) is 144 Å². The molecule has 1 aromatic rings. The molecule has 0 aliphatic heterocycles. The van der Waals surface area contributed by atoms with E-state index in [4.69, 9.17) is 6.58 Å². The average molecular weight is 601 g/mol. The standard InChI is InChI=1S/C42H68Si/c1-29(28-43(8,9)34-14-11-10-12-15-34)24-30-16-17-33(25-30)42(22-13-23-42)39-35-20-18-31(40(2,3)4)26-37(35)38-27-32(41(5,6)7)19-21-36(38)39/h10-12,14-15,30-33,35-39H,1,13,16-28H2,2-9H3. The Balaban J connectivity index is 1.18. The van der Waals surface area contributed by atoms with E-state index in [0.29, 0.717) is 16.2 Å². The van der Waals surface area contributed by atoms with Crippen LogP contribution in [0.1, 0.15) is 125 Å². The fourth-order valence-corrected chi connectivity index (χ4v) is 15.2. The lowest BCUT2D eigenvalue weighted by atomic mass is 9.48. The molecule has 0 radical (unpaired) electrons. The molecule has 0 spiro atoms. The summed E-state index contributed by atoms with van der Waals surface area (Å²) < 4.78 is 0. The highest BCUT2D eigenvalue weighted by atomic mass is 28.3. The molecule has 5 aliphatic rings. The van der Waals surface area contributed by atoms with E-state index in [1.54, 1.807) is 49.3 Å². The van der Waals surface area contributed by atoms with Crippen LogP contribution in [0.4, 0.5) is 0 Å². The SMILES string of the molecule is C=C(CC1CCC(C2(C3C4CCC(C(C)(C)C)CC4C4CC(C(C)(C)C)CCC43)CCC2)C1)C[Si](C)(C)c1ccccc1. The number of allylic oxidation sites excluding steroid dienone is 1. The molecule has 0 nitrogen and oxygen atoms in total. The second-order valence-electron chi connectivity index (χ2n) is 19.8. The zero-order chi connectivity index (χ0) is 30.8. The summed E-state index contributed by atoms with van der Waals surface area (Å²) in [5.41, 5.74) is 3.21. The molecule has 5 aliphatic carbocycles. The minimum atomic E-state index is -1.46. The molecule has 240 valence electrons. The van der Waals surface area contributed by atoms with Crippen molar-refractivity contribution in [3.63, 3.8) is 0 Å². The van der Waals surface area contributed by atoms with Gasteiger partial charge < -0.3 is 0 Å². The topological polar surface area (TPSA) is 0 Å². The highest BCUT2D eigenvalue weighted by Gasteiger charge is 2.63. The quantitative estimate of drug-likeness (QED) is 0.216. The van der Waals surface area contributed by atoms with Gasteiger partial charge in [-0.05, 0) is 153 Å². The molecule has 0 bridgehead atoms. The molecule has 8 atom stereocenters.